The van der Waals surface area contributed by atoms with Gasteiger partial charge in [-0.15, -0.1) is 24.8 Å². The van der Waals surface area contributed by atoms with E-state index in [0.29, 0.717) is 11.8 Å². The molecule has 4 nitrogen and oxygen atoms in total. The topological polar surface area (TPSA) is 92.5 Å². The van der Waals surface area contributed by atoms with E-state index in [4.69, 9.17) is 11.5 Å². The maximum atomic E-state index is 9.81. The van der Waals surface area contributed by atoms with Crippen LogP contribution in [0.5, 0.6) is 0 Å². The van der Waals surface area contributed by atoms with Gasteiger partial charge in [-0.1, -0.05) is 190 Å². The van der Waals surface area contributed by atoms with Crippen molar-refractivity contribution in [2.24, 2.45) is 23.3 Å². The van der Waals surface area contributed by atoms with Gasteiger partial charge < -0.3 is 21.7 Å². The molecule has 0 aliphatic carbocycles. The minimum absolute atomic E-state index is 0. The van der Waals surface area contributed by atoms with Crippen LogP contribution in [0.15, 0.2) is 60.7 Å². The molecule has 0 aromatic heterocycles. The number of aliphatic hydroxyl groups is 2. The standard InChI is InChI=1S/2C22H39NO.2ClH/c2*1-3-4-5-6-7-8-9-10-12-17-21(18-19(2)24)22(23)20-15-13-11-14-16-20;;/h2*11,13-16,19,21-22,24H,3-10,12,17-18,23H2,1-2H3;2*1H. The van der Waals surface area contributed by atoms with Gasteiger partial charge >= 0.3 is 0 Å². The highest BCUT2D eigenvalue weighted by Crippen LogP contribution is 2.30. The highest BCUT2D eigenvalue weighted by atomic mass is 35.5. The third kappa shape index (κ3) is 26.6. The van der Waals surface area contributed by atoms with E-state index in [0.717, 1.165) is 25.7 Å². The predicted molar refractivity (Wildman–Crippen MR) is 225 cm³/mol. The van der Waals surface area contributed by atoms with Crippen molar-refractivity contribution >= 4 is 24.8 Å². The van der Waals surface area contributed by atoms with Crippen LogP contribution in [0.25, 0.3) is 0 Å². The van der Waals surface area contributed by atoms with Crippen molar-refractivity contribution in [3.63, 3.8) is 0 Å². The van der Waals surface area contributed by atoms with Crippen LogP contribution < -0.4 is 11.5 Å². The average Bonchev–Trinajstić information content (AvgIpc) is 3.09. The van der Waals surface area contributed by atoms with E-state index in [2.05, 4.69) is 38.1 Å². The minimum Gasteiger partial charge on any atom is -0.393 e. The van der Waals surface area contributed by atoms with Gasteiger partial charge in [-0.2, -0.15) is 0 Å². The maximum absolute atomic E-state index is 9.81. The van der Waals surface area contributed by atoms with Crippen LogP contribution in [0.3, 0.4) is 0 Å². The van der Waals surface area contributed by atoms with Crippen LogP contribution in [0, 0.1) is 11.8 Å². The first-order chi connectivity index (χ1) is 23.3. The average molecular weight is 740 g/mol. The highest BCUT2D eigenvalue weighted by molar-refractivity contribution is 5.85. The molecule has 0 saturated carbocycles. The summed E-state index contributed by atoms with van der Waals surface area (Å²) in [6.45, 7) is 8.29. The van der Waals surface area contributed by atoms with Gasteiger partial charge in [0.05, 0.1) is 12.2 Å². The van der Waals surface area contributed by atoms with Gasteiger partial charge in [-0.25, -0.2) is 0 Å². The monoisotopic (exact) mass is 739 g/mol. The van der Waals surface area contributed by atoms with Gasteiger partial charge in [0.15, 0.2) is 0 Å². The van der Waals surface area contributed by atoms with Crippen molar-refractivity contribution in [1.29, 1.82) is 0 Å². The zero-order chi connectivity index (χ0) is 35.2. The van der Waals surface area contributed by atoms with Crippen molar-refractivity contribution in [2.45, 2.75) is 193 Å². The smallest absolute Gasteiger partial charge is 0.0515 e. The molecule has 0 saturated heterocycles. The van der Waals surface area contributed by atoms with E-state index in [-0.39, 0.29) is 49.1 Å². The number of hydrogen-bond donors (Lipinski definition) is 4. The molecule has 0 bridgehead atoms. The molecule has 2 aromatic rings. The zero-order valence-corrected chi connectivity index (χ0v) is 34.3. The molecule has 292 valence electrons. The zero-order valence-electron chi connectivity index (χ0n) is 32.7. The van der Waals surface area contributed by atoms with Gasteiger partial charge in [0.1, 0.15) is 0 Å². The molecule has 0 fully saturated rings. The molecular formula is C44H80Cl2N2O2. The number of nitrogens with two attached hydrogens (primary N) is 2. The van der Waals surface area contributed by atoms with E-state index in [1.54, 1.807) is 0 Å². The Balaban J connectivity index is 0. The lowest BCUT2D eigenvalue weighted by molar-refractivity contribution is 0.147. The van der Waals surface area contributed by atoms with Gasteiger partial charge in [0, 0.05) is 12.1 Å². The number of rotatable bonds is 28. The van der Waals surface area contributed by atoms with Crippen LogP contribution >= 0.6 is 24.8 Å². The number of benzene rings is 2. The number of unbranched alkanes of at least 4 members (excludes halogenated alkanes) is 16. The second-order valence-corrected chi connectivity index (χ2v) is 14.8. The van der Waals surface area contributed by atoms with Gasteiger partial charge in [-0.05, 0) is 62.5 Å². The third-order valence-corrected chi connectivity index (χ3v) is 10.0. The fourth-order valence-electron chi connectivity index (χ4n) is 7.09. The lowest BCUT2D eigenvalue weighted by atomic mass is 9.85. The summed E-state index contributed by atoms with van der Waals surface area (Å²) in [6, 6.07) is 20.8. The SMILES string of the molecule is CCCCCCCCCCCC(CC(C)O)C(N)c1ccccc1.CCCCCCCCCCCC(CC(C)O)C(N)c1ccccc1.Cl.Cl. The van der Waals surface area contributed by atoms with Crippen LogP contribution in [-0.4, -0.2) is 22.4 Å². The van der Waals surface area contributed by atoms with Crippen molar-refractivity contribution in [3.8, 4) is 0 Å². The molecule has 0 spiro atoms. The van der Waals surface area contributed by atoms with Crippen molar-refractivity contribution in [3.05, 3.63) is 71.8 Å². The van der Waals surface area contributed by atoms with E-state index in [9.17, 15) is 10.2 Å². The van der Waals surface area contributed by atoms with E-state index < -0.39 is 0 Å². The minimum atomic E-state index is -0.275. The number of halogens is 2. The molecule has 6 atom stereocenters. The van der Waals surface area contributed by atoms with Crippen molar-refractivity contribution in [1.82, 2.24) is 0 Å². The molecule has 0 aliphatic rings. The Hall–Kier alpha value is -1.14. The van der Waals surface area contributed by atoms with E-state index >= 15 is 0 Å². The normalized spacial score (nSPS) is 14.6. The first-order valence-electron chi connectivity index (χ1n) is 20.3. The summed E-state index contributed by atoms with van der Waals surface area (Å²) in [5, 5.41) is 19.6. The molecule has 2 rings (SSSR count). The summed E-state index contributed by atoms with van der Waals surface area (Å²) in [7, 11) is 0. The summed E-state index contributed by atoms with van der Waals surface area (Å²) in [5.41, 5.74) is 15.4. The van der Waals surface area contributed by atoms with Gasteiger partial charge in [-0.3, -0.25) is 0 Å². The van der Waals surface area contributed by atoms with Gasteiger partial charge in [0.2, 0.25) is 0 Å². The second-order valence-electron chi connectivity index (χ2n) is 14.8. The molecular weight excluding hydrogens is 659 g/mol. The van der Waals surface area contributed by atoms with Crippen LogP contribution in [0.1, 0.15) is 192 Å². The molecule has 0 amide bonds. The maximum Gasteiger partial charge on any atom is 0.0515 e. The quantitative estimate of drug-likeness (QED) is 0.0654. The fourth-order valence-corrected chi connectivity index (χ4v) is 7.09. The fraction of sp³-hybridized carbons (Fsp3) is 0.727. The molecule has 0 heterocycles. The predicted octanol–water partition coefficient (Wildman–Crippen LogP) is 12.8. The lowest BCUT2D eigenvalue weighted by Crippen LogP contribution is -2.24. The van der Waals surface area contributed by atoms with E-state index in [1.807, 2.05) is 50.2 Å². The Morgan fingerprint density at radius 1 is 0.440 bits per heavy atom. The molecule has 6 N–H and O–H groups in total. The Morgan fingerprint density at radius 3 is 0.960 bits per heavy atom. The van der Waals surface area contributed by atoms with Crippen molar-refractivity contribution < 1.29 is 10.2 Å². The Morgan fingerprint density at radius 2 is 0.700 bits per heavy atom. The third-order valence-electron chi connectivity index (χ3n) is 10.0. The summed E-state index contributed by atoms with van der Waals surface area (Å²) < 4.78 is 0. The van der Waals surface area contributed by atoms with Crippen molar-refractivity contribution in [2.75, 3.05) is 0 Å². The Bertz CT molecular complexity index is 870. The van der Waals surface area contributed by atoms with Crippen LogP contribution in [0.2, 0.25) is 0 Å². The molecule has 2 aromatic carbocycles. The number of aliphatic hydroxyl groups excluding tert-OH is 2. The first kappa shape index (κ1) is 51.0. The molecule has 0 radical (unpaired) electrons. The van der Waals surface area contributed by atoms with Crippen LogP contribution in [-0.2, 0) is 0 Å². The summed E-state index contributed by atoms with van der Waals surface area (Å²) in [6.07, 6.45) is 27.6. The summed E-state index contributed by atoms with van der Waals surface area (Å²) in [5.74, 6) is 0.744. The largest absolute Gasteiger partial charge is 0.393 e. The second kappa shape index (κ2) is 34.9. The summed E-state index contributed by atoms with van der Waals surface area (Å²) in [4.78, 5) is 0. The number of hydrogen-bond acceptors (Lipinski definition) is 4. The Labute approximate surface area is 322 Å². The van der Waals surface area contributed by atoms with Crippen LogP contribution in [0.4, 0.5) is 0 Å². The molecule has 6 heteroatoms. The molecule has 0 aliphatic heterocycles. The first-order valence-corrected chi connectivity index (χ1v) is 20.3. The molecule has 50 heavy (non-hydrogen) atoms. The van der Waals surface area contributed by atoms with Gasteiger partial charge in [0.25, 0.3) is 0 Å². The Kier molecular flexibility index (Phi) is 35.6. The highest BCUT2D eigenvalue weighted by Gasteiger charge is 2.22. The molecule has 6 unspecified atom stereocenters. The lowest BCUT2D eigenvalue weighted by Gasteiger charge is -2.25. The van der Waals surface area contributed by atoms with E-state index in [1.165, 1.54) is 127 Å². The summed E-state index contributed by atoms with van der Waals surface area (Å²) >= 11 is 0.